The number of ether oxygens (including phenoxy) is 1. The summed E-state index contributed by atoms with van der Waals surface area (Å²) in [6, 6.07) is 0.451. The van der Waals surface area contributed by atoms with Crippen molar-refractivity contribution in [1.29, 1.82) is 0 Å². The van der Waals surface area contributed by atoms with E-state index in [4.69, 9.17) is 9.72 Å². The Morgan fingerprint density at radius 2 is 2.29 bits per heavy atom. The number of rotatable bonds is 9. The lowest BCUT2D eigenvalue weighted by molar-refractivity contribution is 0.0222. The second-order valence-corrected chi connectivity index (χ2v) is 9.27. The zero-order chi connectivity index (χ0) is 19.7. The second-order valence-electron chi connectivity index (χ2n) is 8.19. The molecule has 2 aliphatic carbocycles. The van der Waals surface area contributed by atoms with Gasteiger partial charge in [0, 0.05) is 17.5 Å². The number of nitrogens with one attached hydrogen (secondary N) is 1. The van der Waals surface area contributed by atoms with Crippen LogP contribution in [-0.4, -0.2) is 51.9 Å². The van der Waals surface area contributed by atoms with Crippen LogP contribution >= 0.6 is 11.3 Å². The highest BCUT2D eigenvalue weighted by Gasteiger charge is 2.31. The van der Waals surface area contributed by atoms with Crippen LogP contribution in [-0.2, 0) is 24.1 Å². The summed E-state index contributed by atoms with van der Waals surface area (Å²) in [5.74, 6) is 1.37. The molecule has 0 amide bonds. The van der Waals surface area contributed by atoms with Crippen molar-refractivity contribution in [3.05, 3.63) is 39.3 Å². The van der Waals surface area contributed by atoms with Crippen molar-refractivity contribution < 1.29 is 9.84 Å². The van der Waals surface area contributed by atoms with Gasteiger partial charge in [0.25, 0.3) is 5.56 Å². The van der Waals surface area contributed by atoms with Gasteiger partial charge in [-0.15, -0.1) is 17.9 Å². The number of H-pyrrole nitrogens is 1. The maximum Gasteiger partial charge on any atom is 0.259 e. The summed E-state index contributed by atoms with van der Waals surface area (Å²) >= 11 is 1.68. The molecule has 2 heterocycles. The number of thiophene rings is 1. The molecule has 2 N–H and O–H groups in total. The Morgan fingerprint density at radius 1 is 1.46 bits per heavy atom. The molecule has 1 saturated carbocycles. The van der Waals surface area contributed by atoms with Gasteiger partial charge in [0.05, 0.1) is 31.2 Å². The molecule has 2 atom stereocenters. The van der Waals surface area contributed by atoms with E-state index in [-0.39, 0.29) is 12.2 Å². The predicted molar refractivity (Wildman–Crippen MR) is 112 cm³/mol. The van der Waals surface area contributed by atoms with E-state index in [1.165, 1.54) is 10.4 Å². The average molecular weight is 404 g/mol. The largest absolute Gasteiger partial charge is 0.389 e. The quantitative estimate of drug-likeness (QED) is 0.497. The van der Waals surface area contributed by atoms with Crippen molar-refractivity contribution in [3.63, 3.8) is 0 Å². The summed E-state index contributed by atoms with van der Waals surface area (Å²) < 4.78 is 5.36. The summed E-state index contributed by atoms with van der Waals surface area (Å²) in [5, 5.41) is 11.1. The zero-order valence-corrected chi connectivity index (χ0v) is 17.3. The van der Waals surface area contributed by atoms with Crippen LogP contribution in [0, 0.1) is 5.92 Å². The lowest BCUT2D eigenvalue weighted by Gasteiger charge is -2.24. The fraction of sp³-hybridized carbons (Fsp3) is 0.619. The number of fused-ring (bicyclic) bond motifs is 3. The topological polar surface area (TPSA) is 78.5 Å². The van der Waals surface area contributed by atoms with Crippen LogP contribution in [0.1, 0.15) is 42.5 Å². The molecular weight excluding hydrogens is 374 g/mol. The molecule has 28 heavy (non-hydrogen) atoms. The van der Waals surface area contributed by atoms with E-state index in [0.717, 1.165) is 42.3 Å². The van der Waals surface area contributed by atoms with Crippen molar-refractivity contribution in [3.8, 4) is 0 Å². The molecule has 7 heteroatoms. The first-order valence-corrected chi connectivity index (χ1v) is 11.0. The maximum absolute atomic E-state index is 12.8. The van der Waals surface area contributed by atoms with E-state index in [0.29, 0.717) is 37.5 Å². The molecule has 6 nitrogen and oxygen atoms in total. The van der Waals surface area contributed by atoms with Gasteiger partial charge in [0.15, 0.2) is 0 Å². The SMILES string of the molecule is C=CCOC[C@@H](O)CN(Cc1nc2sc3c(c2c(=O)[nH]1)CC[C@H](C)C3)C1CC1. The maximum atomic E-state index is 12.8. The Hall–Kier alpha value is -1.54. The number of hydrogen-bond acceptors (Lipinski definition) is 6. The number of hydrogen-bond donors (Lipinski definition) is 2. The van der Waals surface area contributed by atoms with E-state index in [9.17, 15) is 9.90 Å². The van der Waals surface area contributed by atoms with Gasteiger partial charge in [0.2, 0.25) is 0 Å². The van der Waals surface area contributed by atoms with Gasteiger partial charge >= 0.3 is 0 Å². The Balaban J connectivity index is 1.51. The van der Waals surface area contributed by atoms with E-state index < -0.39 is 6.10 Å². The van der Waals surface area contributed by atoms with Gasteiger partial charge in [-0.2, -0.15) is 0 Å². The minimum absolute atomic E-state index is 0.0161. The predicted octanol–water partition coefficient (Wildman–Crippen LogP) is 2.64. The van der Waals surface area contributed by atoms with Crippen LogP contribution in [0.25, 0.3) is 10.2 Å². The molecule has 0 saturated heterocycles. The number of aliphatic hydroxyl groups excluding tert-OH is 1. The molecule has 1 fully saturated rings. The first-order chi connectivity index (χ1) is 13.5. The standard InChI is InChI=1S/C21H29N3O3S/c1-3-8-27-12-15(25)10-24(14-5-6-14)11-18-22-20(26)19-16-7-4-13(2)9-17(16)28-21(19)23-18/h3,13-15,25H,1,4-12H2,2H3,(H,22,23,26)/t13-,15-/m0/s1. The van der Waals surface area contributed by atoms with Crippen molar-refractivity contribution in [2.45, 2.75) is 57.7 Å². The fourth-order valence-electron chi connectivity index (χ4n) is 4.05. The number of aromatic nitrogens is 2. The van der Waals surface area contributed by atoms with Gasteiger partial charge in [-0.25, -0.2) is 4.98 Å². The molecule has 152 valence electrons. The number of nitrogens with zero attached hydrogens (tertiary/aromatic N) is 2. The number of aliphatic hydroxyl groups is 1. The van der Waals surface area contributed by atoms with Crippen LogP contribution in [0.4, 0.5) is 0 Å². The number of aryl methyl sites for hydroxylation is 1. The molecule has 2 aromatic rings. The third-order valence-electron chi connectivity index (χ3n) is 5.62. The van der Waals surface area contributed by atoms with Gasteiger partial charge < -0.3 is 14.8 Å². The monoisotopic (exact) mass is 403 g/mol. The normalized spacial score (nSPS) is 20.5. The van der Waals surface area contributed by atoms with Gasteiger partial charge in [-0.05, 0) is 43.6 Å². The third-order valence-corrected chi connectivity index (χ3v) is 6.77. The Bertz CT molecular complexity index is 902. The highest BCUT2D eigenvalue weighted by Crippen LogP contribution is 2.36. The van der Waals surface area contributed by atoms with Crippen molar-refractivity contribution in [1.82, 2.24) is 14.9 Å². The second kappa shape index (κ2) is 8.45. The van der Waals surface area contributed by atoms with Crippen LogP contribution in [0.2, 0.25) is 0 Å². The first-order valence-electron chi connectivity index (χ1n) is 10.2. The molecule has 0 bridgehead atoms. The average Bonchev–Trinajstić information content (AvgIpc) is 3.42. The molecule has 2 aliphatic rings. The van der Waals surface area contributed by atoms with Gasteiger partial charge in [-0.1, -0.05) is 13.0 Å². The van der Waals surface area contributed by atoms with Crippen molar-refractivity contribution >= 4 is 21.6 Å². The van der Waals surface area contributed by atoms with E-state index in [2.05, 4.69) is 23.4 Å². The highest BCUT2D eigenvalue weighted by atomic mass is 32.1. The molecule has 4 rings (SSSR count). The molecule has 0 unspecified atom stereocenters. The van der Waals surface area contributed by atoms with Crippen LogP contribution in [0.5, 0.6) is 0 Å². The van der Waals surface area contributed by atoms with Crippen molar-refractivity contribution in [2.75, 3.05) is 19.8 Å². The molecule has 0 aromatic carbocycles. The van der Waals surface area contributed by atoms with E-state index >= 15 is 0 Å². The Labute approximate surface area is 169 Å². The lowest BCUT2D eigenvalue weighted by Crippen LogP contribution is -2.37. The highest BCUT2D eigenvalue weighted by molar-refractivity contribution is 7.18. The fourth-order valence-corrected chi connectivity index (χ4v) is 5.46. The molecule has 2 aromatic heterocycles. The van der Waals surface area contributed by atoms with Crippen LogP contribution in [0.15, 0.2) is 17.4 Å². The Morgan fingerprint density at radius 3 is 3.04 bits per heavy atom. The minimum Gasteiger partial charge on any atom is -0.389 e. The van der Waals surface area contributed by atoms with Crippen LogP contribution < -0.4 is 5.56 Å². The summed E-state index contributed by atoms with van der Waals surface area (Å²) in [4.78, 5) is 25.0. The minimum atomic E-state index is -0.563. The van der Waals surface area contributed by atoms with Gasteiger partial charge in [-0.3, -0.25) is 9.69 Å². The lowest BCUT2D eigenvalue weighted by atomic mass is 9.89. The Kier molecular flexibility index (Phi) is 5.96. The molecular formula is C21H29N3O3S. The van der Waals surface area contributed by atoms with Gasteiger partial charge in [0.1, 0.15) is 10.7 Å². The third kappa shape index (κ3) is 4.38. The summed E-state index contributed by atoms with van der Waals surface area (Å²) in [7, 11) is 0. The summed E-state index contributed by atoms with van der Waals surface area (Å²) in [6.45, 7) is 7.68. The van der Waals surface area contributed by atoms with E-state index in [1.807, 2.05) is 0 Å². The zero-order valence-electron chi connectivity index (χ0n) is 16.4. The van der Waals surface area contributed by atoms with Crippen molar-refractivity contribution in [2.24, 2.45) is 5.92 Å². The van der Waals surface area contributed by atoms with E-state index in [1.54, 1.807) is 17.4 Å². The number of aromatic amines is 1. The molecule has 0 aliphatic heterocycles. The first kappa shape index (κ1) is 19.8. The molecule has 0 radical (unpaired) electrons. The molecule has 0 spiro atoms. The smallest absolute Gasteiger partial charge is 0.259 e. The summed E-state index contributed by atoms with van der Waals surface area (Å²) in [5.41, 5.74) is 1.20. The van der Waals surface area contributed by atoms with Crippen LogP contribution in [0.3, 0.4) is 0 Å². The summed E-state index contributed by atoms with van der Waals surface area (Å²) in [6.07, 6.45) is 6.53.